The Morgan fingerprint density at radius 2 is 2.15 bits per heavy atom. The average molecular weight is 294 g/mol. The lowest BCUT2D eigenvalue weighted by molar-refractivity contribution is 0.0765. The third kappa shape index (κ3) is 3.12. The summed E-state index contributed by atoms with van der Waals surface area (Å²) in [7, 11) is 0. The monoisotopic (exact) mass is 293 g/mol. The number of amides is 1. The first-order valence-electron chi connectivity index (χ1n) is 6.69. The number of hydrogen-bond acceptors (Lipinski definition) is 3. The third-order valence-corrected chi connectivity index (χ3v) is 3.85. The lowest BCUT2D eigenvalue weighted by Gasteiger charge is -2.32. The third-order valence-electron chi connectivity index (χ3n) is 3.55. The van der Waals surface area contributed by atoms with Crippen LogP contribution in [0.4, 0.5) is 5.69 Å². The summed E-state index contributed by atoms with van der Waals surface area (Å²) >= 11 is 5.98. The van der Waals surface area contributed by atoms with E-state index in [4.69, 9.17) is 17.3 Å². The van der Waals surface area contributed by atoms with Gasteiger partial charge in [0.2, 0.25) is 0 Å². The highest BCUT2D eigenvalue weighted by molar-refractivity contribution is 6.32. The molecule has 0 bridgehead atoms. The molecule has 0 saturated heterocycles. The summed E-state index contributed by atoms with van der Waals surface area (Å²) in [6, 6.07) is 1.58. The van der Waals surface area contributed by atoms with Crippen molar-refractivity contribution in [1.29, 1.82) is 0 Å². The maximum Gasteiger partial charge on any atom is 0.257 e. The number of nitrogen functional groups attached to an aromatic ring is 1. The van der Waals surface area contributed by atoms with Gasteiger partial charge in [-0.15, -0.1) is 0 Å². The minimum atomic E-state index is -0.112. The topological polar surface area (TPSA) is 59.2 Å². The Kier molecular flexibility index (Phi) is 4.04. The lowest BCUT2D eigenvalue weighted by Crippen LogP contribution is -2.36. The zero-order valence-corrected chi connectivity index (χ0v) is 12.9. The molecule has 0 saturated carbocycles. The Morgan fingerprint density at radius 1 is 1.45 bits per heavy atom. The predicted molar refractivity (Wildman–Crippen MR) is 81.7 cm³/mol. The molecule has 0 atom stereocenters. The average Bonchev–Trinajstić information content (AvgIpc) is 2.40. The van der Waals surface area contributed by atoms with E-state index in [2.05, 4.69) is 31.8 Å². The SMILES string of the molecule is CC(C)(C)C1=CCN(C(=O)c2cc(N)cnc2Cl)CC1. The highest BCUT2D eigenvalue weighted by atomic mass is 35.5. The maximum atomic E-state index is 12.4. The summed E-state index contributed by atoms with van der Waals surface area (Å²) in [6.07, 6.45) is 4.48. The molecule has 0 aromatic carbocycles. The van der Waals surface area contributed by atoms with Gasteiger partial charge in [0, 0.05) is 13.1 Å². The van der Waals surface area contributed by atoms with Crippen molar-refractivity contribution >= 4 is 23.2 Å². The number of nitrogens with two attached hydrogens (primary N) is 1. The van der Waals surface area contributed by atoms with Crippen LogP contribution in [0.5, 0.6) is 0 Å². The van der Waals surface area contributed by atoms with Gasteiger partial charge < -0.3 is 10.6 Å². The summed E-state index contributed by atoms with van der Waals surface area (Å²) in [5.74, 6) is -0.112. The molecule has 0 aliphatic carbocycles. The number of pyridine rings is 1. The smallest absolute Gasteiger partial charge is 0.257 e. The fraction of sp³-hybridized carbons (Fsp3) is 0.467. The van der Waals surface area contributed by atoms with E-state index in [0.29, 0.717) is 24.3 Å². The van der Waals surface area contributed by atoms with Crippen LogP contribution in [0.3, 0.4) is 0 Å². The molecule has 2 heterocycles. The lowest BCUT2D eigenvalue weighted by atomic mass is 9.83. The first-order chi connectivity index (χ1) is 9.29. The molecule has 1 aromatic rings. The van der Waals surface area contributed by atoms with E-state index in [1.165, 1.54) is 11.8 Å². The summed E-state index contributed by atoms with van der Waals surface area (Å²) < 4.78 is 0. The van der Waals surface area contributed by atoms with Crippen molar-refractivity contribution < 1.29 is 4.79 Å². The number of aromatic nitrogens is 1. The summed E-state index contributed by atoms with van der Waals surface area (Å²) in [5.41, 5.74) is 8.04. The Labute approximate surface area is 124 Å². The summed E-state index contributed by atoms with van der Waals surface area (Å²) in [4.78, 5) is 18.1. The van der Waals surface area contributed by atoms with E-state index in [1.54, 1.807) is 11.0 Å². The van der Waals surface area contributed by atoms with Crippen molar-refractivity contribution in [2.24, 2.45) is 5.41 Å². The number of halogens is 1. The van der Waals surface area contributed by atoms with Crippen LogP contribution < -0.4 is 5.73 Å². The van der Waals surface area contributed by atoms with Gasteiger partial charge in [-0.1, -0.05) is 44.0 Å². The van der Waals surface area contributed by atoms with E-state index in [1.807, 2.05) is 0 Å². The number of carbonyl (C=O) groups excluding carboxylic acids is 1. The second kappa shape index (κ2) is 5.44. The van der Waals surface area contributed by atoms with Gasteiger partial charge in [-0.2, -0.15) is 0 Å². The zero-order chi connectivity index (χ0) is 14.9. The Morgan fingerprint density at radius 3 is 2.70 bits per heavy atom. The Balaban J connectivity index is 2.17. The summed E-state index contributed by atoms with van der Waals surface area (Å²) in [5, 5.41) is 0.204. The van der Waals surface area contributed by atoms with Crippen LogP contribution in [0, 0.1) is 5.41 Å². The van der Waals surface area contributed by atoms with Crippen molar-refractivity contribution in [3.8, 4) is 0 Å². The predicted octanol–water partition coefficient (Wildman–Crippen LogP) is 3.14. The quantitative estimate of drug-likeness (QED) is 0.639. The molecule has 1 aliphatic heterocycles. The molecular formula is C15H20ClN3O. The molecule has 5 heteroatoms. The van der Waals surface area contributed by atoms with E-state index in [9.17, 15) is 4.79 Å². The molecule has 0 fully saturated rings. The minimum Gasteiger partial charge on any atom is -0.397 e. The molecular weight excluding hydrogens is 274 g/mol. The number of rotatable bonds is 1. The van der Waals surface area contributed by atoms with Crippen LogP contribution in [-0.4, -0.2) is 28.9 Å². The van der Waals surface area contributed by atoms with Crippen LogP contribution in [0.15, 0.2) is 23.9 Å². The molecule has 0 unspecified atom stereocenters. The normalized spacial score (nSPS) is 16.0. The molecule has 0 spiro atoms. The second-order valence-electron chi connectivity index (χ2n) is 6.09. The first-order valence-corrected chi connectivity index (χ1v) is 7.06. The molecule has 4 nitrogen and oxygen atoms in total. The number of hydrogen-bond donors (Lipinski definition) is 1. The molecule has 1 aromatic heterocycles. The first kappa shape index (κ1) is 14.9. The second-order valence-corrected chi connectivity index (χ2v) is 6.45. The maximum absolute atomic E-state index is 12.4. The molecule has 2 N–H and O–H groups in total. The van der Waals surface area contributed by atoms with Crippen LogP contribution in [0.1, 0.15) is 37.6 Å². The largest absolute Gasteiger partial charge is 0.397 e. The number of nitrogens with zero attached hydrogens (tertiary/aromatic N) is 2. The highest BCUT2D eigenvalue weighted by Crippen LogP contribution is 2.30. The fourth-order valence-corrected chi connectivity index (χ4v) is 2.50. The van der Waals surface area contributed by atoms with Crippen LogP contribution >= 0.6 is 11.6 Å². The Bertz CT molecular complexity index is 561. The van der Waals surface area contributed by atoms with Crippen molar-refractivity contribution in [2.45, 2.75) is 27.2 Å². The molecule has 20 heavy (non-hydrogen) atoms. The van der Waals surface area contributed by atoms with Crippen LogP contribution in [0.2, 0.25) is 5.15 Å². The van der Waals surface area contributed by atoms with Gasteiger partial charge in [0.05, 0.1) is 17.4 Å². The fourth-order valence-electron chi connectivity index (χ4n) is 2.32. The van der Waals surface area contributed by atoms with Gasteiger partial charge in [-0.3, -0.25) is 4.79 Å². The molecule has 0 radical (unpaired) electrons. The van der Waals surface area contributed by atoms with Gasteiger partial charge in [0.1, 0.15) is 5.15 Å². The van der Waals surface area contributed by atoms with Crippen molar-refractivity contribution in [1.82, 2.24) is 9.88 Å². The van der Waals surface area contributed by atoms with E-state index >= 15 is 0 Å². The minimum absolute atomic E-state index is 0.112. The van der Waals surface area contributed by atoms with Crippen LogP contribution in [0.25, 0.3) is 0 Å². The van der Waals surface area contributed by atoms with Gasteiger partial charge in [0.15, 0.2) is 0 Å². The molecule has 2 rings (SSSR count). The molecule has 1 aliphatic rings. The van der Waals surface area contributed by atoms with Gasteiger partial charge in [0.25, 0.3) is 5.91 Å². The van der Waals surface area contributed by atoms with Crippen molar-refractivity contribution in [3.63, 3.8) is 0 Å². The zero-order valence-electron chi connectivity index (χ0n) is 12.1. The van der Waals surface area contributed by atoms with E-state index in [0.717, 1.165) is 6.42 Å². The standard InChI is InChI=1S/C15H20ClN3O/c1-15(2,3)10-4-6-19(7-5-10)14(20)12-8-11(17)9-18-13(12)16/h4,8-9H,5-7,17H2,1-3H3. The van der Waals surface area contributed by atoms with E-state index in [-0.39, 0.29) is 16.5 Å². The number of anilines is 1. The Hall–Kier alpha value is -1.55. The van der Waals surface area contributed by atoms with Gasteiger partial charge >= 0.3 is 0 Å². The van der Waals surface area contributed by atoms with Crippen LogP contribution in [-0.2, 0) is 0 Å². The van der Waals surface area contributed by atoms with E-state index < -0.39 is 0 Å². The molecule has 1 amide bonds. The van der Waals surface area contributed by atoms with Crippen molar-refractivity contribution in [2.75, 3.05) is 18.8 Å². The highest BCUT2D eigenvalue weighted by Gasteiger charge is 2.25. The number of carbonyl (C=O) groups is 1. The van der Waals surface area contributed by atoms with Crippen molar-refractivity contribution in [3.05, 3.63) is 34.6 Å². The van der Waals surface area contributed by atoms with Gasteiger partial charge in [-0.25, -0.2) is 4.98 Å². The molecule has 108 valence electrons. The summed E-state index contributed by atoms with van der Waals surface area (Å²) in [6.45, 7) is 7.88. The van der Waals surface area contributed by atoms with Gasteiger partial charge in [-0.05, 0) is 17.9 Å².